The number of hydrogen-bond acceptors (Lipinski definition) is 8. The number of thioether (sulfide) groups is 2. The highest BCUT2D eigenvalue weighted by Crippen LogP contribution is 2.37. The highest BCUT2D eigenvalue weighted by atomic mass is 32.2. The second-order valence-corrected chi connectivity index (χ2v) is 8.45. The lowest BCUT2D eigenvalue weighted by Gasteiger charge is -2.11. The molecule has 0 radical (unpaired) electrons. The minimum absolute atomic E-state index is 0.107. The van der Waals surface area contributed by atoms with Gasteiger partial charge in [0.1, 0.15) is 10.8 Å². The van der Waals surface area contributed by atoms with Crippen LogP contribution in [0.5, 0.6) is 0 Å². The molecule has 0 bridgehead atoms. The molecule has 0 amide bonds. The predicted molar refractivity (Wildman–Crippen MR) is 101 cm³/mol. The van der Waals surface area contributed by atoms with Gasteiger partial charge < -0.3 is 11.5 Å². The van der Waals surface area contributed by atoms with E-state index in [0.717, 1.165) is 31.4 Å². The summed E-state index contributed by atoms with van der Waals surface area (Å²) in [6.07, 6.45) is 3.86. The molecule has 1 unspecified atom stereocenters. The van der Waals surface area contributed by atoms with E-state index in [4.69, 9.17) is 11.5 Å². The van der Waals surface area contributed by atoms with Gasteiger partial charge in [-0.3, -0.25) is 4.98 Å². The highest BCUT2D eigenvalue weighted by Gasteiger charge is 2.15. The maximum atomic E-state index is 6.15. The fourth-order valence-corrected chi connectivity index (χ4v) is 4.46. The van der Waals surface area contributed by atoms with E-state index >= 15 is 0 Å². The van der Waals surface area contributed by atoms with Gasteiger partial charge in [0, 0.05) is 22.5 Å². The van der Waals surface area contributed by atoms with Gasteiger partial charge in [0.2, 0.25) is 0 Å². The second-order valence-electron chi connectivity index (χ2n) is 5.06. The topological polar surface area (TPSA) is 90.7 Å². The van der Waals surface area contributed by atoms with Crippen molar-refractivity contribution in [1.82, 2.24) is 15.0 Å². The molecular formula is C15H17N5S3. The zero-order chi connectivity index (χ0) is 16.6. The van der Waals surface area contributed by atoms with E-state index in [1.807, 2.05) is 19.4 Å². The number of hydrogen-bond donors (Lipinski definition) is 2. The molecule has 0 spiro atoms. The third-order valence-electron chi connectivity index (χ3n) is 3.43. The van der Waals surface area contributed by atoms with Crippen LogP contribution >= 0.6 is 34.9 Å². The first-order valence-corrected chi connectivity index (χ1v) is 9.89. The van der Waals surface area contributed by atoms with E-state index < -0.39 is 0 Å². The largest absolute Gasteiger partial charge is 0.397 e. The zero-order valence-electron chi connectivity index (χ0n) is 13.0. The minimum atomic E-state index is 0.107. The van der Waals surface area contributed by atoms with Gasteiger partial charge in [-0.2, -0.15) is 0 Å². The molecule has 1 atom stereocenters. The van der Waals surface area contributed by atoms with E-state index in [-0.39, 0.29) is 5.25 Å². The molecule has 0 aliphatic carbocycles. The molecule has 5 nitrogen and oxygen atoms in total. The monoisotopic (exact) mass is 363 g/mol. The smallest absolute Gasteiger partial charge is 0.191 e. The van der Waals surface area contributed by atoms with Crippen molar-refractivity contribution >= 4 is 56.5 Å². The van der Waals surface area contributed by atoms with Crippen LogP contribution < -0.4 is 11.5 Å². The average molecular weight is 364 g/mol. The first kappa shape index (κ1) is 16.4. The summed E-state index contributed by atoms with van der Waals surface area (Å²) >= 11 is 4.77. The fourth-order valence-electron chi connectivity index (χ4n) is 2.18. The van der Waals surface area contributed by atoms with Gasteiger partial charge in [-0.1, -0.05) is 11.8 Å². The number of rotatable bonds is 4. The molecule has 0 aliphatic heterocycles. The lowest BCUT2D eigenvalue weighted by Crippen LogP contribution is -1.99. The zero-order valence-corrected chi connectivity index (χ0v) is 15.5. The molecule has 3 aromatic rings. The van der Waals surface area contributed by atoms with Crippen LogP contribution in [-0.2, 0) is 0 Å². The Bertz CT molecular complexity index is 862. The number of pyridine rings is 1. The number of fused-ring (bicyclic) bond motifs is 1. The SMILES string of the molecule is CSc1cc(N)nc(SC(C)c2cc3c(N)c(C)sc3cn2)n1. The van der Waals surface area contributed by atoms with Gasteiger partial charge in [0.15, 0.2) is 5.16 Å². The molecule has 0 saturated heterocycles. The van der Waals surface area contributed by atoms with E-state index in [2.05, 4.69) is 27.9 Å². The van der Waals surface area contributed by atoms with Crippen molar-refractivity contribution in [2.45, 2.75) is 29.3 Å². The summed E-state index contributed by atoms with van der Waals surface area (Å²) in [4.78, 5) is 14.5. The summed E-state index contributed by atoms with van der Waals surface area (Å²) < 4.78 is 1.12. The standard InChI is InChI=1S/C15H17N5S3/c1-7(23-15-19-12(16)5-13(20-15)21-3)10-4-9-11(6-18-10)22-8(2)14(9)17/h4-7H,17H2,1-3H3,(H2,16,19,20). The van der Waals surface area contributed by atoms with Crippen LogP contribution in [0.4, 0.5) is 11.5 Å². The number of anilines is 2. The Morgan fingerprint density at radius 1 is 1.22 bits per heavy atom. The van der Waals surface area contributed by atoms with E-state index in [9.17, 15) is 0 Å². The summed E-state index contributed by atoms with van der Waals surface area (Å²) in [6.45, 7) is 4.11. The van der Waals surface area contributed by atoms with Crippen molar-refractivity contribution in [1.29, 1.82) is 0 Å². The number of thiophene rings is 1. The van der Waals surface area contributed by atoms with E-state index in [1.54, 1.807) is 40.9 Å². The van der Waals surface area contributed by atoms with Crippen molar-refractivity contribution in [2.75, 3.05) is 17.7 Å². The van der Waals surface area contributed by atoms with Gasteiger partial charge in [0.25, 0.3) is 0 Å². The summed E-state index contributed by atoms with van der Waals surface area (Å²) in [6, 6.07) is 3.84. The predicted octanol–water partition coefficient (Wildman–Crippen LogP) is 4.13. The quantitative estimate of drug-likeness (QED) is 0.409. The summed E-state index contributed by atoms with van der Waals surface area (Å²) in [5.41, 5.74) is 13.8. The average Bonchev–Trinajstić information content (AvgIpc) is 2.81. The van der Waals surface area contributed by atoms with Crippen molar-refractivity contribution in [3.05, 3.63) is 28.9 Å². The Balaban J connectivity index is 1.89. The van der Waals surface area contributed by atoms with Crippen molar-refractivity contribution in [3.8, 4) is 0 Å². The van der Waals surface area contributed by atoms with E-state index in [1.165, 1.54) is 0 Å². The lowest BCUT2D eigenvalue weighted by molar-refractivity contribution is 0.889. The maximum Gasteiger partial charge on any atom is 0.191 e. The Labute approximate surface area is 147 Å². The number of nitrogens with zero attached hydrogens (tertiary/aromatic N) is 3. The third kappa shape index (κ3) is 3.39. The Kier molecular flexibility index (Phi) is 4.65. The number of nitrogen functional groups attached to an aromatic ring is 2. The van der Waals surface area contributed by atoms with Crippen LogP contribution in [-0.4, -0.2) is 21.2 Å². The first-order valence-electron chi connectivity index (χ1n) is 6.97. The number of aromatic nitrogens is 3. The maximum absolute atomic E-state index is 6.15. The number of aryl methyl sites for hydroxylation is 1. The first-order chi connectivity index (χ1) is 11.0. The van der Waals surface area contributed by atoms with Gasteiger partial charge in [0.05, 0.1) is 21.3 Å². The highest BCUT2D eigenvalue weighted by molar-refractivity contribution is 7.99. The molecule has 4 N–H and O–H groups in total. The molecule has 120 valence electrons. The van der Waals surface area contributed by atoms with Crippen molar-refractivity contribution < 1.29 is 0 Å². The summed E-state index contributed by atoms with van der Waals surface area (Å²) in [5, 5.41) is 2.71. The summed E-state index contributed by atoms with van der Waals surface area (Å²) in [7, 11) is 0. The third-order valence-corrected chi connectivity index (χ3v) is 6.12. The van der Waals surface area contributed by atoms with Crippen LogP contribution in [0.15, 0.2) is 28.5 Å². The second kappa shape index (κ2) is 6.54. The molecule has 23 heavy (non-hydrogen) atoms. The fraction of sp³-hybridized carbons (Fsp3) is 0.267. The molecule has 8 heteroatoms. The molecule has 0 aromatic carbocycles. The molecule has 3 rings (SSSR count). The van der Waals surface area contributed by atoms with Crippen LogP contribution in [0, 0.1) is 6.92 Å². The van der Waals surface area contributed by atoms with Crippen LogP contribution in [0.3, 0.4) is 0 Å². The van der Waals surface area contributed by atoms with Crippen molar-refractivity contribution in [2.24, 2.45) is 0 Å². The Morgan fingerprint density at radius 2 is 2.00 bits per heavy atom. The molecular weight excluding hydrogens is 346 g/mol. The molecule has 3 heterocycles. The Morgan fingerprint density at radius 3 is 2.74 bits per heavy atom. The lowest BCUT2D eigenvalue weighted by atomic mass is 10.2. The molecule has 3 aromatic heterocycles. The van der Waals surface area contributed by atoms with Gasteiger partial charge >= 0.3 is 0 Å². The van der Waals surface area contributed by atoms with Crippen LogP contribution in [0.25, 0.3) is 10.1 Å². The number of nitrogens with two attached hydrogens (primary N) is 2. The Hall–Kier alpha value is -1.51. The molecule has 0 saturated carbocycles. The van der Waals surface area contributed by atoms with Crippen molar-refractivity contribution in [3.63, 3.8) is 0 Å². The minimum Gasteiger partial charge on any atom is -0.397 e. The van der Waals surface area contributed by atoms with Gasteiger partial charge in [-0.05, 0) is 26.2 Å². The normalized spacial score (nSPS) is 12.7. The van der Waals surface area contributed by atoms with Gasteiger partial charge in [-0.15, -0.1) is 23.1 Å². The van der Waals surface area contributed by atoms with Crippen LogP contribution in [0.1, 0.15) is 22.7 Å². The summed E-state index contributed by atoms with van der Waals surface area (Å²) in [5.74, 6) is 0.486. The molecule has 0 fully saturated rings. The molecule has 0 aliphatic rings. The van der Waals surface area contributed by atoms with Gasteiger partial charge in [-0.25, -0.2) is 9.97 Å². The van der Waals surface area contributed by atoms with E-state index in [0.29, 0.717) is 11.0 Å². The van der Waals surface area contributed by atoms with Crippen LogP contribution in [0.2, 0.25) is 0 Å².